The average molecular weight is 329 g/mol. The van der Waals surface area contributed by atoms with E-state index in [9.17, 15) is 4.79 Å². The van der Waals surface area contributed by atoms with Crippen LogP contribution in [-0.2, 0) is 11.3 Å². The fourth-order valence-electron chi connectivity index (χ4n) is 3.82. The van der Waals surface area contributed by atoms with Crippen molar-refractivity contribution in [3.8, 4) is 0 Å². The van der Waals surface area contributed by atoms with Crippen molar-refractivity contribution in [2.24, 2.45) is 11.7 Å². The highest BCUT2D eigenvalue weighted by Gasteiger charge is 2.40. The monoisotopic (exact) mass is 329 g/mol. The van der Waals surface area contributed by atoms with Crippen molar-refractivity contribution in [3.63, 3.8) is 0 Å². The molecule has 0 bridgehead atoms. The molecular weight excluding hydrogens is 298 g/mol. The molecule has 3 N–H and O–H groups in total. The van der Waals surface area contributed by atoms with Crippen LogP contribution in [0.5, 0.6) is 0 Å². The second-order valence-corrected chi connectivity index (χ2v) is 7.88. The van der Waals surface area contributed by atoms with Gasteiger partial charge >= 0.3 is 0 Å². The van der Waals surface area contributed by atoms with Gasteiger partial charge in [0.2, 0.25) is 5.91 Å². The Morgan fingerprint density at radius 1 is 1.29 bits per heavy atom. The minimum Gasteiger partial charge on any atom is -0.354 e. The summed E-state index contributed by atoms with van der Waals surface area (Å²) in [5.41, 5.74) is 9.62. The van der Waals surface area contributed by atoms with E-state index in [4.69, 9.17) is 5.73 Å². The molecule has 1 aliphatic carbocycles. The first-order valence-corrected chi connectivity index (χ1v) is 9.32. The fraction of sp³-hybridized carbons (Fsp3) is 0.650. The second-order valence-electron chi connectivity index (χ2n) is 7.88. The number of nitrogens with zero attached hydrogens (tertiary/aromatic N) is 1. The van der Waals surface area contributed by atoms with Gasteiger partial charge in [0, 0.05) is 19.6 Å². The standard InChI is InChI=1S/C20H31N3O/c1-15-6-7-17(11-16(15)2)13-23-10-3-5-18(14-23)12-22-19(24)20(21)8-4-9-20/h6-7,11,18H,3-5,8-10,12-14,21H2,1-2H3,(H,22,24)/t18-/m0/s1. The Morgan fingerprint density at radius 3 is 2.75 bits per heavy atom. The van der Waals surface area contributed by atoms with Gasteiger partial charge in [0.15, 0.2) is 0 Å². The highest BCUT2D eigenvalue weighted by molar-refractivity contribution is 5.86. The van der Waals surface area contributed by atoms with E-state index in [0.717, 1.165) is 45.4 Å². The number of likely N-dealkylation sites (tertiary alicyclic amines) is 1. The molecule has 1 saturated heterocycles. The van der Waals surface area contributed by atoms with Crippen molar-refractivity contribution >= 4 is 5.91 Å². The Labute approximate surface area is 145 Å². The van der Waals surface area contributed by atoms with Gasteiger partial charge in [0.05, 0.1) is 5.54 Å². The predicted octanol–water partition coefficient (Wildman–Crippen LogP) is 2.51. The molecule has 1 aromatic carbocycles. The van der Waals surface area contributed by atoms with Gasteiger partial charge in [0.1, 0.15) is 0 Å². The molecule has 132 valence electrons. The third-order valence-electron chi connectivity index (χ3n) is 5.83. The third-order valence-corrected chi connectivity index (χ3v) is 5.83. The van der Waals surface area contributed by atoms with Crippen molar-refractivity contribution in [1.29, 1.82) is 0 Å². The summed E-state index contributed by atoms with van der Waals surface area (Å²) in [6.45, 7) is 8.32. The number of carbonyl (C=O) groups is 1. The van der Waals surface area contributed by atoms with Gasteiger partial charge in [-0.05, 0) is 75.1 Å². The van der Waals surface area contributed by atoms with Crippen LogP contribution in [0, 0.1) is 19.8 Å². The lowest BCUT2D eigenvalue weighted by molar-refractivity contribution is -0.129. The second kappa shape index (κ2) is 7.24. The van der Waals surface area contributed by atoms with Crippen LogP contribution in [0.25, 0.3) is 0 Å². The zero-order valence-electron chi connectivity index (χ0n) is 15.1. The highest BCUT2D eigenvalue weighted by atomic mass is 16.2. The zero-order chi connectivity index (χ0) is 17.2. The van der Waals surface area contributed by atoms with Gasteiger partial charge in [-0.2, -0.15) is 0 Å². The van der Waals surface area contributed by atoms with Gasteiger partial charge in [0.25, 0.3) is 0 Å². The van der Waals surface area contributed by atoms with Gasteiger partial charge < -0.3 is 11.1 Å². The molecule has 0 unspecified atom stereocenters. The number of amides is 1. The summed E-state index contributed by atoms with van der Waals surface area (Å²) in [6.07, 6.45) is 5.16. The van der Waals surface area contributed by atoms with Crippen LogP contribution >= 0.6 is 0 Å². The molecule has 4 nitrogen and oxygen atoms in total. The smallest absolute Gasteiger partial charge is 0.240 e. The minimum atomic E-state index is -0.576. The Morgan fingerprint density at radius 2 is 2.08 bits per heavy atom. The van der Waals surface area contributed by atoms with Gasteiger partial charge in [-0.3, -0.25) is 9.69 Å². The van der Waals surface area contributed by atoms with E-state index in [0.29, 0.717) is 5.92 Å². The Hall–Kier alpha value is -1.39. The fourth-order valence-corrected chi connectivity index (χ4v) is 3.82. The number of piperidine rings is 1. The summed E-state index contributed by atoms with van der Waals surface area (Å²) in [6, 6.07) is 6.75. The van der Waals surface area contributed by atoms with Gasteiger partial charge in [-0.15, -0.1) is 0 Å². The van der Waals surface area contributed by atoms with E-state index in [2.05, 4.69) is 42.3 Å². The highest BCUT2D eigenvalue weighted by Crippen LogP contribution is 2.29. The van der Waals surface area contributed by atoms with E-state index in [1.54, 1.807) is 0 Å². The molecule has 1 atom stereocenters. The molecule has 2 aliphatic rings. The molecule has 2 fully saturated rings. The van der Waals surface area contributed by atoms with E-state index >= 15 is 0 Å². The Balaban J connectivity index is 1.48. The molecule has 4 heteroatoms. The number of hydrogen-bond acceptors (Lipinski definition) is 3. The minimum absolute atomic E-state index is 0.0556. The number of aryl methyl sites for hydroxylation is 2. The maximum atomic E-state index is 12.2. The van der Waals surface area contributed by atoms with Gasteiger partial charge in [-0.25, -0.2) is 0 Å². The van der Waals surface area contributed by atoms with Crippen LogP contribution in [0.2, 0.25) is 0 Å². The zero-order valence-corrected chi connectivity index (χ0v) is 15.1. The maximum absolute atomic E-state index is 12.2. The quantitative estimate of drug-likeness (QED) is 0.873. The molecule has 0 spiro atoms. The normalized spacial score (nSPS) is 23.5. The SMILES string of the molecule is Cc1ccc(CN2CCC[C@@H](CNC(=O)C3(N)CCC3)C2)cc1C. The van der Waals surface area contributed by atoms with Gasteiger partial charge in [-0.1, -0.05) is 18.2 Å². The Bertz CT molecular complexity index is 595. The number of nitrogens with two attached hydrogens (primary N) is 1. The molecule has 0 aromatic heterocycles. The van der Waals surface area contributed by atoms with Crippen LogP contribution < -0.4 is 11.1 Å². The molecule has 1 aliphatic heterocycles. The van der Waals surface area contributed by atoms with Crippen LogP contribution in [0.15, 0.2) is 18.2 Å². The van der Waals surface area contributed by atoms with Crippen LogP contribution in [0.3, 0.4) is 0 Å². The first kappa shape index (κ1) is 17.4. The van der Waals surface area contributed by atoms with Crippen molar-refractivity contribution in [2.75, 3.05) is 19.6 Å². The lowest BCUT2D eigenvalue weighted by Gasteiger charge is -2.37. The van der Waals surface area contributed by atoms with Crippen molar-refractivity contribution in [1.82, 2.24) is 10.2 Å². The predicted molar refractivity (Wildman–Crippen MR) is 97.7 cm³/mol. The molecule has 0 radical (unpaired) electrons. The number of carbonyl (C=O) groups excluding carboxylic acids is 1. The van der Waals surface area contributed by atoms with Crippen molar-refractivity contribution in [2.45, 2.75) is 58.0 Å². The average Bonchev–Trinajstić information content (AvgIpc) is 2.54. The lowest BCUT2D eigenvalue weighted by atomic mass is 9.77. The summed E-state index contributed by atoms with van der Waals surface area (Å²) in [5.74, 6) is 0.595. The first-order valence-electron chi connectivity index (χ1n) is 9.32. The third kappa shape index (κ3) is 3.98. The van der Waals surface area contributed by atoms with Crippen molar-refractivity contribution in [3.05, 3.63) is 34.9 Å². The van der Waals surface area contributed by atoms with Crippen LogP contribution in [-0.4, -0.2) is 36.0 Å². The van der Waals surface area contributed by atoms with Crippen LogP contribution in [0.1, 0.15) is 48.8 Å². The van der Waals surface area contributed by atoms with E-state index < -0.39 is 5.54 Å². The van der Waals surface area contributed by atoms with E-state index in [1.807, 2.05) is 0 Å². The number of nitrogens with one attached hydrogen (secondary N) is 1. The summed E-state index contributed by atoms with van der Waals surface area (Å²) in [4.78, 5) is 14.7. The summed E-state index contributed by atoms with van der Waals surface area (Å²) >= 11 is 0. The molecule has 1 amide bonds. The molecule has 1 saturated carbocycles. The van der Waals surface area contributed by atoms with Crippen LogP contribution in [0.4, 0.5) is 0 Å². The molecule has 3 rings (SSSR count). The molecule has 1 aromatic rings. The maximum Gasteiger partial charge on any atom is 0.240 e. The summed E-state index contributed by atoms with van der Waals surface area (Å²) < 4.78 is 0. The largest absolute Gasteiger partial charge is 0.354 e. The lowest BCUT2D eigenvalue weighted by Crippen LogP contribution is -2.59. The number of hydrogen-bond donors (Lipinski definition) is 2. The molecule has 24 heavy (non-hydrogen) atoms. The summed E-state index contributed by atoms with van der Waals surface area (Å²) in [5, 5.41) is 3.11. The summed E-state index contributed by atoms with van der Waals surface area (Å²) in [7, 11) is 0. The first-order chi connectivity index (χ1) is 11.5. The number of rotatable bonds is 5. The molecular formula is C20H31N3O. The molecule has 1 heterocycles. The Kier molecular flexibility index (Phi) is 5.26. The van der Waals surface area contributed by atoms with E-state index in [-0.39, 0.29) is 5.91 Å². The topological polar surface area (TPSA) is 58.4 Å². The van der Waals surface area contributed by atoms with Crippen molar-refractivity contribution < 1.29 is 4.79 Å². The van der Waals surface area contributed by atoms with E-state index in [1.165, 1.54) is 29.5 Å². The number of benzene rings is 1.